The van der Waals surface area contributed by atoms with Crippen molar-refractivity contribution in [1.82, 2.24) is 4.31 Å². The van der Waals surface area contributed by atoms with Gasteiger partial charge in [-0.05, 0) is 43.5 Å². The number of nitrogens with two attached hydrogens (primary N) is 1. The van der Waals surface area contributed by atoms with E-state index in [0.29, 0.717) is 9.87 Å². The van der Waals surface area contributed by atoms with Gasteiger partial charge in [0, 0.05) is 12.2 Å². The lowest BCUT2D eigenvalue weighted by molar-refractivity contribution is -0.136. The van der Waals surface area contributed by atoms with E-state index in [1.54, 1.807) is 19.9 Å². The van der Waals surface area contributed by atoms with Gasteiger partial charge < -0.3 is 5.73 Å². The van der Waals surface area contributed by atoms with Gasteiger partial charge in [0.25, 0.3) is 0 Å². The van der Waals surface area contributed by atoms with Crippen molar-refractivity contribution in [3.63, 3.8) is 0 Å². The smallest absolute Gasteiger partial charge is 0.398 e. The first-order chi connectivity index (χ1) is 9.49. The molecular formula is C13H19F3N2O2S. The van der Waals surface area contributed by atoms with E-state index in [-0.39, 0.29) is 29.1 Å². The Morgan fingerprint density at radius 3 is 2.29 bits per heavy atom. The highest BCUT2D eigenvalue weighted by Crippen LogP contribution is 2.28. The summed E-state index contributed by atoms with van der Waals surface area (Å²) in [5.74, 6) is 0. The summed E-state index contributed by atoms with van der Waals surface area (Å²) in [5, 5.41) is 0. The van der Waals surface area contributed by atoms with Gasteiger partial charge in [-0.15, -0.1) is 0 Å². The fraction of sp³-hybridized carbons (Fsp3) is 0.538. The highest BCUT2D eigenvalue weighted by Gasteiger charge is 2.37. The minimum absolute atomic E-state index is 0.169. The van der Waals surface area contributed by atoms with Gasteiger partial charge in [0.15, 0.2) is 0 Å². The summed E-state index contributed by atoms with van der Waals surface area (Å²) in [5.41, 5.74) is 6.81. The fourth-order valence-electron chi connectivity index (χ4n) is 1.99. The molecule has 0 radical (unpaired) electrons. The summed E-state index contributed by atoms with van der Waals surface area (Å²) < 4.78 is 63.3. The molecule has 1 aromatic rings. The molecule has 0 aliphatic carbocycles. The second kappa shape index (κ2) is 6.23. The molecule has 1 rings (SSSR count). The number of rotatable bonds is 5. The minimum atomic E-state index is -4.59. The molecule has 0 aliphatic heterocycles. The predicted octanol–water partition coefficient (Wildman–Crippen LogP) is 2.85. The van der Waals surface area contributed by atoms with Crippen LogP contribution >= 0.6 is 0 Å². The number of halogens is 3. The van der Waals surface area contributed by atoms with Crippen molar-refractivity contribution >= 4 is 15.7 Å². The molecule has 120 valence electrons. The van der Waals surface area contributed by atoms with Gasteiger partial charge in [-0.25, -0.2) is 8.42 Å². The molecule has 4 nitrogen and oxygen atoms in total. The average molecular weight is 324 g/mol. The Bertz CT molecular complexity index is 613. The number of aryl methyl sites for hydroxylation is 1. The van der Waals surface area contributed by atoms with Gasteiger partial charge in [-0.1, -0.05) is 6.92 Å². The molecule has 1 aromatic carbocycles. The third kappa shape index (κ3) is 4.34. The zero-order valence-electron chi connectivity index (χ0n) is 12.2. The first kappa shape index (κ1) is 17.8. The standard InChI is InChI=1S/C13H19F3N2O2S/c1-4-5-18(8-13(14,15)16)21(19,20)12-7-9(2)6-11(17)10(12)3/h6-7H,4-5,8,17H2,1-3H3. The van der Waals surface area contributed by atoms with Gasteiger partial charge in [0.2, 0.25) is 10.0 Å². The number of anilines is 1. The van der Waals surface area contributed by atoms with Crippen LogP contribution in [0.4, 0.5) is 18.9 Å². The first-order valence-electron chi connectivity index (χ1n) is 6.42. The molecule has 2 N–H and O–H groups in total. The Balaban J connectivity index is 3.36. The van der Waals surface area contributed by atoms with Crippen LogP contribution in [0.15, 0.2) is 17.0 Å². The van der Waals surface area contributed by atoms with Gasteiger partial charge in [-0.3, -0.25) is 0 Å². The van der Waals surface area contributed by atoms with Gasteiger partial charge in [0.05, 0.1) is 4.90 Å². The van der Waals surface area contributed by atoms with Gasteiger partial charge in [-0.2, -0.15) is 17.5 Å². The second-order valence-corrected chi connectivity index (χ2v) is 6.84. The van der Waals surface area contributed by atoms with Crippen LogP contribution < -0.4 is 5.73 Å². The van der Waals surface area contributed by atoms with Crippen LogP contribution in [0.2, 0.25) is 0 Å². The van der Waals surface area contributed by atoms with Crippen LogP contribution in [0.25, 0.3) is 0 Å². The number of nitrogens with zero attached hydrogens (tertiary/aromatic N) is 1. The summed E-state index contributed by atoms with van der Waals surface area (Å²) in [6.45, 7) is 3.05. The molecule has 0 spiro atoms. The molecule has 0 aromatic heterocycles. The van der Waals surface area contributed by atoms with E-state index in [2.05, 4.69) is 0 Å². The Kier molecular flexibility index (Phi) is 5.27. The van der Waals surface area contributed by atoms with E-state index in [1.807, 2.05) is 0 Å². The zero-order valence-corrected chi connectivity index (χ0v) is 13.0. The first-order valence-corrected chi connectivity index (χ1v) is 7.86. The summed E-state index contributed by atoms with van der Waals surface area (Å²) in [4.78, 5) is -0.169. The van der Waals surface area contributed by atoms with Gasteiger partial charge >= 0.3 is 6.18 Å². The van der Waals surface area contributed by atoms with E-state index in [9.17, 15) is 21.6 Å². The van der Waals surface area contributed by atoms with Crippen LogP contribution in [-0.4, -0.2) is 32.0 Å². The molecule has 8 heteroatoms. The van der Waals surface area contributed by atoms with Crippen molar-refractivity contribution in [3.05, 3.63) is 23.3 Å². The normalized spacial score (nSPS) is 12.9. The molecule has 0 fully saturated rings. The van der Waals surface area contributed by atoms with Crippen LogP contribution in [-0.2, 0) is 10.0 Å². The molecule has 0 unspecified atom stereocenters. The van der Waals surface area contributed by atoms with Crippen molar-refractivity contribution in [2.45, 2.75) is 38.3 Å². The largest absolute Gasteiger partial charge is 0.402 e. The zero-order chi connectivity index (χ0) is 16.4. The predicted molar refractivity (Wildman–Crippen MR) is 75.4 cm³/mol. The topological polar surface area (TPSA) is 63.4 Å². The Morgan fingerprint density at radius 1 is 1.24 bits per heavy atom. The molecule has 0 heterocycles. The maximum Gasteiger partial charge on any atom is 0.402 e. The van der Waals surface area contributed by atoms with Crippen LogP contribution in [0.3, 0.4) is 0 Å². The van der Waals surface area contributed by atoms with E-state index in [1.165, 1.54) is 13.0 Å². The quantitative estimate of drug-likeness (QED) is 0.847. The Morgan fingerprint density at radius 2 is 1.81 bits per heavy atom. The number of sulfonamides is 1. The maximum atomic E-state index is 12.6. The monoisotopic (exact) mass is 324 g/mol. The summed E-state index contributed by atoms with van der Waals surface area (Å²) in [7, 11) is -4.24. The average Bonchev–Trinajstić information content (AvgIpc) is 2.31. The Hall–Kier alpha value is -1.28. The second-order valence-electron chi connectivity index (χ2n) is 4.93. The highest BCUT2D eigenvalue weighted by atomic mass is 32.2. The molecule has 0 bridgehead atoms. The van der Waals surface area contributed by atoms with E-state index < -0.39 is 22.7 Å². The number of hydrogen-bond donors (Lipinski definition) is 1. The van der Waals surface area contributed by atoms with Crippen LogP contribution in [0.1, 0.15) is 24.5 Å². The molecule has 0 saturated carbocycles. The highest BCUT2D eigenvalue weighted by molar-refractivity contribution is 7.89. The third-order valence-corrected chi connectivity index (χ3v) is 4.96. The van der Waals surface area contributed by atoms with Crippen molar-refractivity contribution in [2.24, 2.45) is 0 Å². The fourth-order valence-corrected chi connectivity index (χ4v) is 3.85. The lowest BCUT2D eigenvalue weighted by Gasteiger charge is -2.24. The number of benzene rings is 1. The number of nitrogen functional groups attached to an aromatic ring is 1. The van der Waals surface area contributed by atoms with E-state index in [0.717, 1.165) is 0 Å². The van der Waals surface area contributed by atoms with E-state index >= 15 is 0 Å². The van der Waals surface area contributed by atoms with Crippen molar-refractivity contribution in [2.75, 3.05) is 18.8 Å². The van der Waals surface area contributed by atoms with Crippen molar-refractivity contribution in [3.8, 4) is 0 Å². The summed E-state index contributed by atoms with van der Waals surface area (Å²) >= 11 is 0. The lowest BCUT2D eigenvalue weighted by atomic mass is 10.1. The third-order valence-electron chi connectivity index (χ3n) is 2.99. The summed E-state index contributed by atoms with van der Waals surface area (Å²) in [6.07, 6.45) is -4.30. The lowest BCUT2D eigenvalue weighted by Crippen LogP contribution is -2.39. The summed E-state index contributed by atoms with van der Waals surface area (Å²) in [6, 6.07) is 2.93. The maximum absolute atomic E-state index is 12.6. The minimum Gasteiger partial charge on any atom is -0.398 e. The van der Waals surface area contributed by atoms with Crippen molar-refractivity contribution in [1.29, 1.82) is 0 Å². The molecule has 0 atom stereocenters. The SMILES string of the molecule is CCCN(CC(F)(F)F)S(=O)(=O)c1cc(C)cc(N)c1C. The van der Waals surface area contributed by atoms with Gasteiger partial charge in [0.1, 0.15) is 6.54 Å². The number of alkyl halides is 3. The van der Waals surface area contributed by atoms with Crippen molar-refractivity contribution < 1.29 is 21.6 Å². The van der Waals surface area contributed by atoms with Crippen LogP contribution in [0, 0.1) is 13.8 Å². The molecule has 0 saturated heterocycles. The molecular weight excluding hydrogens is 305 g/mol. The number of hydrogen-bond acceptors (Lipinski definition) is 3. The molecule has 0 amide bonds. The molecule has 0 aliphatic rings. The Labute approximate surface area is 122 Å². The van der Waals surface area contributed by atoms with Crippen LogP contribution in [0.5, 0.6) is 0 Å². The van der Waals surface area contributed by atoms with E-state index in [4.69, 9.17) is 5.73 Å². The molecule has 21 heavy (non-hydrogen) atoms.